The van der Waals surface area contributed by atoms with E-state index in [1.807, 2.05) is 0 Å². The van der Waals surface area contributed by atoms with Gasteiger partial charge in [0.05, 0.1) is 6.04 Å². The van der Waals surface area contributed by atoms with E-state index >= 15 is 0 Å². The second-order valence-corrected chi connectivity index (χ2v) is 10.5. The van der Waals surface area contributed by atoms with Gasteiger partial charge in [0.15, 0.2) is 0 Å². The predicted octanol–water partition coefficient (Wildman–Crippen LogP) is 5.36. The third-order valence-corrected chi connectivity index (χ3v) is 8.25. The monoisotopic (exact) mass is 473 g/mol. The molecule has 2 fully saturated rings. The molecule has 4 nitrogen and oxygen atoms in total. The molecule has 2 heterocycles. The highest BCUT2D eigenvalue weighted by Gasteiger charge is 2.34. The first-order valence-corrected chi connectivity index (χ1v) is 13.2. The number of fused-ring (bicyclic) bond motifs is 1. The molecular formula is C29H35N3OS. The van der Waals surface area contributed by atoms with Gasteiger partial charge in [0.25, 0.3) is 0 Å². The topological polar surface area (TPSA) is 44.4 Å². The zero-order chi connectivity index (χ0) is 23.5. The average Bonchev–Trinajstić information content (AvgIpc) is 3.18. The number of hydrogen-bond acceptors (Lipinski definition) is 4. The van der Waals surface area contributed by atoms with Crippen LogP contribution in [0.15, 0.2) is 55.1 Å². The lowest BCUT2D eigenvalue weighted by Gasteiger charge is -2.33. The predicted molar refractivity (Wildman–Crippen MR) is 142 cm³/mol. The molecule has 1 saturated carbocycles. The van der Waals surface area contributed by atoms with Gasteiger partial charge in [-0.3, -0.25) is 4.79 Å². The van der Waals surface area contributed by atoms with Crippen molar-refractivity contribution in [2.24, 2.45) is 5.92 Å². The molecule has 178 valence electrons. The zero-order valence-corrected chi connectivity index (χ0v) is 20.7. The van der Waals surface area contributed by atoms with Gasteiger partial charge in [0, 0.05) is 36.8 Å². The minimum atomic E-state index is 0.0325. The molecule has 3 atom stereocenters. The standard InChI is InChI=1S/C29H35N3OS/c1-20-25-14-12-21(17-24(25)19-32(20)27-15-16-28(33)31-29(27)34)11-13-23-9-5-6-10-26(23)30-18-22-7-3-2-4-8-22/h2-4,7-8,12,14,17,23,26-27,30H,1,5-6,9-11,13,15-16,18-19H2,(H,31,33,34). The van der Waals surface area contributed by atoms with Crippen LogP contribution in [0.3, 0.4) is 0 Å². The third kappa shape index (κ3) is 5.11. The van der Waals surface area contributed by atoms with Crippen LogP contribution in [-0.4, -0.2) is 27.9 Å². The Kier molecular flexibility index (Phi) is 7.12. The van der Waals surface area contributed by atoms with Gasteiger partial charge in [-0.2, -0.15) is 0 Å². The van der Waals surface area contributed by atoms with Crippen LogP contribution in [-0.2, 0) is 24.3 Å². The average molecular weight is 474 g/mol. The van der Waals surface area contributed by atoms with Crippen LogP contribution in [0.2, 0.25) is 0 Å². The van der Waals surface area contributed by atoms with E-state index in [-0.39, 0.29) is 11.9 Å². The summed E-state index contributed by atoms with van der Waals surface area (Å²) in [5.41, 5.74) is 6.38. The van der Waals surface area contributed by atoms with Crippen LogP contribution in [0.25, 0.3) is 5.70 Å². The van der Waals surface area contributed by atoms with Crippen molar-refractivity contribution in [1.29, 1.82) is 0 Å². The maximum atomic E-state index is 11.7. The number of rotatable bonds is 7. The molecule has 1 amide bonds. The number of amides is 1. The van der Waals surface area contributed by atoms with Crippen molar-refractivity contribution >= 4 is 28.8 Å². The van der Waals surface area contributed by atoms with E-state index < -0.39 is 0 Å². The van der Waals surface area contributed by atoms with Crippen molar-refractivity contribution in [1.82, 2.24) is 15.5 Å². The number of piperidine rings is 1. The molecule has 2 aliphatic heterocycles. The van der Waals surface area contributed by atoms with E-state index in [2.05, 4.69) is 70.6 Å². The van der Waals surface area contributed by atoms with Gasteiger partial charge >= 0.3 is 0 Å². The third-order valence-electron chi connectivity index (χ3n) is 7.88. The molecule has 0 aromatic heterocycles. The highest BCUT2D eigenvalue weighted by molar-refractivity contribution is 7.80. The maximum absolute atomic E-state index is 11.7. The van der Waals surface area contributed by atoms with E-state index in [4.69, 9.17) is 12.2 Å². The minimum absolute atomic E-state index is 0.0325. The van der Waals surface area contributed by atoms with E-state index in [0.29, 0.717) is 17.5 Å². The number of nitrogens with zero attached hydrogens (tertiary/aromatic N) is 1. The molecular weight excluding hydrogens is 438 g/mol. The zero-order valence-electron chi connectivity index (χ0n) is 19.9. The Morgan fingerprint density at radius 1 is 1.06 bits per heavy atom. The van der Waals surface area contributed by atoms with Crippen molar-refractivity contribution < 1.29 is 4.79 Å². The molecule has 0 spiro atoms. The highest BCUT2D eigenvalue weighted by atomic mass is 32.1. The fraction of sp³-hybridized carbons (Fsp3) is 0.448. The quantitative estimate of drug-likeness (QED) is 0.532. The minimum Gasteiger partial charge on any atom is -0.358 e. The maximum Gasteiger partial charge on any atom is 0.224 e. The first-order valence-electron chi connectivity index (χ1n) is 12.8. The molecule has 1 aliphatic carbocycles. The Hall–Kier alpha value is -2.50. The summed E-state index contributed by atoms with van der Waals surface area (Å²) in [6, 6.07) is 18.3. The Morgan fingerprint density at radius 3 is 2.71 bits per heavy atom. The molecule has 5 heteroatoms. The fourth-order valence-electron chi connectivity index (χ4n) is 5.95. The number of benzene rings is 2. The SMILES string of the molecule is C=C1c2ccc(CCC3CCCCC3NCc3ccccc3)cc2CN1C1CCC(=O)NC1=S. The van der Waals surface area contributed by atoms with Gasteiger partial charge in [-0.15, -0.1) is 0 Å². The number of aryl methyl sites for hydroxylation is 1. The summed E-state index contributed by atoms with van der Waals surface area (Å²) in [6.45, 7) is 6.14. The number of carbonyl (C=O) groups excluding carboxylic acids is 1. The van der Waals surface area contributed by atoms with Crippen LogP contribution < -0.4 is 10.6 Å². The number of hydrogen-bond donors (Lipinski definition) is 2. The number of carbonyl (C=O) groups is 1. The molecule has 5 rings (SSSR count). The highest BCUT2D eigenvalue weighted by Crippen LogP contribution is 2.36. The summed E-state index contributed by atoms with van der Waals surface area (Å²) < 4.78 is 0. The second-order valence-electron chi connectivity index (χ2n) is 10.1. The van der Waals surface area contributed by atoms with E-state index in [1.54, 1.807) is 0 Å². The largest absolute Gasteiger partial charge is 0.358 e. The molecule has 3 unspecified atom stereocenters. The molecule has 0 bridgehead atoms. The van der Waals surface area contributed by atoms with Crippen molar-refractivity contribution in [3.8, 4) is 0 Å². The lowest BCUT2D eigenvalue weighted by atomic mass is 9.81. The molecule has 0 radical (unpaired) electrons. The Bertz CT molecular complexity index is 1070. The summed E-state index contributed by atoms with van der Waals surface area (Å²) >= 11 is 5.49. The van der Waals surface area contributed by atoms with E-state index in [1.165, 1.54) is 54.4 Å². The van der Waals surface area contributed by atoms with Gasteiger partial charge in [0.2, 0.25) is 5.91 Å². The molecule has 1 saturated heterocycles. The van der Waals surface area contributed by atoms with Gasteiger partial charge < -0.3 is 15.5 Å². The fourth-order valence-corrected chi connectivity index (χ4v) is 6.30. The molecule has 2 aromatic carbocycles. The number of thiocarbonyl (C=S) groups is 1. The lowest BCUT2D eigenvalue weighted by molar-refractivity contribution is -0.120. The van der Waals surface area contributed by atoms with E-state index in [9.17, 15) is 4.79 Å². The molecule has 34 heavy (non-hydrogen) atoms. The molecule has 2 aromatic rings. The van der Waals surface area contributed by atoms with Crippen LogP contribution in [0.1, 0.15) is 67.2 Å². The van der Waals surface area contributed by atoms with Crippen molar-refractivity contribution in [2.75, 3.05) is 0 Å². The van der Waals surface area contributed by atoms with Crippen molar-refractivity contribution in [2.45, 2.75) is 76.5 Å². The van der Waals surface area contributed by atoms with Gasteiger partial charge in [-0.1, -0.05) is 80.2 Å². The summed E-state index contributed by atoms with van der Waals surface area (Å²) in [6.07, 6.45) is 8.94. The van der Waals surface area contributed by atoms with Gasteiger partial charge in [-0.25, -0.2) is 0 Å². The van der Waals surface area contributed by atoms with E-state index in [0.717, 1.165) is 37.5 Å². The number of nitrogens with one attached hydrogen (secondary N) is 2. The van der Waals surface area contributed by atoms with Crippen LogP contribution >= 0.6 is 12.2 Å². The first kappa shape index (κ1) is 23.3. The summed E-state index contributed by atoms with van der Waals surface area (Å²) in [7, 11) is 0. The van der Waals surface area contributed by atoms with Crippen molar-refractivity contribution in [3.63, 3.8) is 0 Å². The Labute approximate surface area is 208 Å². The van der Waals surface area contributed by atoms with Crippen LogP contribution in [0, 0.1) is 5.92 Å². The molecule has 2 N–H and O–H groups in total. The summed E-state index contributed by atoms with van der Waals surface area (Å²) in [4.78, 5) is 14.6. The van der Waals surface area contributed by atoms with Gasteiger partial charge in [-0.05, 0) is 54.7 Å². The smallest absolute Gasteiger partial charge is 0.224 e. The van der Waals surface area contributed by atoms with Crippen molar-refractivity contribution in [3.05, 3.63) is 77.4 Å². The van der Waals surface area contributed by atoms with Crippen LogP contribution in [0.4, 0.5) is 0 Å². The normalized spacial score (nSPS) is 24.8. The summed E-state index contributed by atoms with van der Waals surface area (Å²) in [5, 5.41) is 6.71. The Morgan fingerprint density at radius 2 is 1.88 bits per heavy atom. The Balaban J connectivity index is 1.19. The first-order chi connectivity index (χ1) is 16.6. The summed E-state index contributed by atoms with van der Waals surface area (Å²) in [5.74, 6) is 0.769. The second kappa shape index (κ2) is 10.4. The van der Waals surface area contributed by atoms with Crippen LogP contribution in [0.5, 0.6) is 0 Å². The lowest BCUT2D eigenvalue weighted by Crippen LogP contribution is -2.49. The van der Waals surface area contributed by atoms with Gasteiger partial charge in [0.1, 0.15) is 4.99 Å². The molecule has 3 aliphatic rings.